The van der Waals surface area contributed by atoms with E-state index >= 15 is 0 Å². The number of ketones is 1. The summed E-state index contributed by atoms with van der Waals surface area (Å²) < 4.78 is 0. The topological polar surface area (TPSA) is 42.0 Å². The Morgan fingerprint density at radius 1 is 0.957 bits per heavy atom. The highest BCUT2D eigenvalue weighted by Gasteiger charge is 2.06. The first-order valence-corrected chi connectivity index (χ1v) is 7.54. The summed E-state index contributed by atoms with van der Waals surface area (Å²) in [5.74, 6) is 0.0215. The summed E-state index contributed by atoms with van der Waals surface area (Å²) in [7, 11) is 0. The van der Waals surface area contributed by atoms with Crippen LogP contribution in [0.1, 0.15) is 13.8 Å². The number of carbonyl (C=O) groups excluding carboxylic acids is 1. The molecule has 3 aromatic rings. The Hall–Kier alpha value is -2.94. The average molecular weight is 302 g/mol. The maximum atomic E-state index is 11.2. The summed E-state index contributed by atoms with van der Waals surface area (Å²) in [5.41, 5.74) is 4.61. The van der Waals surface area contributed by atoms with Gasteiger partial charge in [0.1, 0.15) is 0 Å². The van der Waals surface area contributed by atoms with Crippen molar-refractivity contribution in [3.05, 3.63) is 72.4 Å². The number of pyridine rings is 1. The van der Waals surface area contributed by atoms with Gasteiger partial charge in [0.15, 0.2) is 5.78 Å². The fourth-order valence-corrected chi connectivity index (χ4v) is 2.57. The van der Waals surface area contributed by atoms with E-state index in [4.69, 9.17) is 4.98 Å². The van der Waals surface area contributed by atoms with E-state index in [-0.39, 0.29) is 5.78 Å². The van der Waals surface area contributed by atoms with Gasteiger partial charge in [-0.05, 0) is 32.1 Å². The third-order valence-corrected chi connectivity index (χ3v) is 3.54. The SMILES string of the molecule is CC(=O)/C=C(\C)Nc1cccc2ccc(-c3ccccc3)nc12. The second-order valence-electron chi connectivity index (χ2n) is 5.50. The lowest BCUT2D eigenvalue weighted by Crippen LogP contribution is -2.00. The number of hydrogen-bond donors (Lipinski definition) is 1. The van der Waals surface area contributed by atoms with Crippen LogP contribution in [0.25, 0.3) is 22.2 Å². The Morgan fingerprint density at radius 3 is 2.48 bits per heavy atom. The molecule has 0 saturated carbocycles. The van der Waals surface area contributed by atoms with Crippen molar-refractivity contribution in [1.82, 2.24) is 4.98 Å². The van der Waals surface area contributed by atoms with Gasteiger partial charge >= 0.3 is 0 Å². The zero-order valence-electron chi connectivity index (χ0n) is 13.2. The van der Waals surface area contributed by atoms with E-state index in [0.29, 0.717) is 0 Å². The first-order valence-electron chi connectivity index (χ1n) is 7.54. The predicted molar refractivity (Wildman–Crippen MR) is 95.2 cm³/mol. The van der Waals surface area contributed by atoms with Crippen LogP contribution in [0.4, 0.5) is 5.69 Å². The largest absolute Gasteiger partial charge is 0.357 e. The van der Waals surface area contributed by atoms with Crippen molar-refractivity contribution < 1.29 is 4.79 Å². The van der Waals surface area contributed by atoms with Gasteiger partial charge < -0.3 is 5.32 Å². The standard InChI is InChI=1S/C20H18N2O/c1-14(13-15(2)23)21-19-10-6-9-17-11-12-18(22-20(17)19)16-7-4-3-5-8-16/h3-13,21H,1-2H3/b14-13+. The van der Waals surface area contributed by atoms with Crippen LogP contribution < -0.4 is 5.32 Å². The summed E-state index contributed by atoms with van der Waals surface area (Å²) in [5, 5.41) is 4.33. The van der Waals surface area contributed by atoms with Crippen molar-refractivity contribution in [3.63, 3.8) is 0 Å². The number of para-hydroxylation sites is 1. The number of nitrogens with zero attached hydrogens (tertiary/aromatic N) is 1. The zero-order chi connectivity index (χ0) is 16.2. The van der Waals surface area contributed by atoms with Crippen LogP contribution in [0, 0.1) is 0 Å². The highest BCUT2D eigenvalue weighted by atomic mass is 16.1. The molecule has 23 heavy (non-hydrogen) atoms. The molecule has 0 atom stereocenters. The molecular weight excluding hydrogens is 284 g/mol. The van der Waals surface area contributed by atoms with Gasteiger partial charge in [0.2, 0.25) is 0 Å². The normalized spacial score (nSPS) is 11.5. The minimum Gasteiger partial charge on any atom is -0.357 e. The highest BCUT2D eigenvalue weighted by molar-refractivity contribution is 5.93. The molecule has 0 saturated heterocycles. The fraction of sp³-hybridized carbons (Fsp3) is 0.100. The van der Waals surface area contributed by atoms with Crippen LogP contribution in [0.3, 0.4) is 0 Å². The second-order valence-corrected chi connectivity index (χ2v) is 5.50. The van der Waals surface area contributed by atoms with E-state index in [2.05, 4.69) is 11.4 Å². The Balaban J connectivity index is 2.07. The summed E-state index contributed by atoms with van der Waals surface area (Å²) >= 11 is 0. The molecule has 1 aromatic heterocycles. The molecule has 3 heteroatoms. The van der Waals surface area contributed by atoms with Gasteiger partial charge in [-0.2, -0.15) is 0 Å². The van der Waals surface area contributed by atoms with E-state index in [0.717, 1.165) is 33.5 Å². The van der Waals surface area contributed by atoms with Gasteiger partial charge in [0, 0.05) is 16.6 Å². The number of allylic oxidation sites excluding steroid dienone is 2. The van der Waals surface area contributed by atoms with Gasteiger partial charge in [-0.3, -0.25) is 4.79 Å². The molecule has 3 nitrogen and oxygen atoms in total. The molecule has 0 unspecified atom stereocenters. The van der Waals surface area contributed by atoms with E-state index in [1.807, 2.05) is 61.5 Å². The van der Waals surface area contributed by atoms with Crippen LogP contribution in [0.5, 0.6) is 0 Å². The molecular formula is C20H18N2O. The lowest BCUT2D eigenvalue weighted by atomic mass is 10.1. The van der Waals surface area contributed by atoms with Gasteiger partial charge in [0.25, 0.3) is 0 Å². The highest BCUT2D eigenvalue weighted by Crippen LogP contribution is 2.26. The molecule has 0 bridgehead atoms. The minimum absolute atomic E-state index is 0.0215. The summed E-state index contributed by atoms with van der Waals surface area (Å²) in [4.78, 5) is 16.0. The summed E-state index contributed by atoms with van der Waals surface area (Å²) in [6.45, 7) is 3.42. The number of fused-ring (bicyclic) bond motifs is 1. The maximum Gasteiger partial charge on any atom is 0.154 e. The monoisotopic (exact) mass is 302 g/mol. The lowest BCUT2D eigenvalue weighted by molar-refractivity contribution is -0.112. The Kier molecular flexibility index (Phi) is 4.20. The first kappa shape index (κ1) is 15.0. The molecule has 0 fully saturated rings. The number of carbonyl (C=O) groups is 1. The third-order valence-electron chi connectivity index (χ3n) is 3.54. The van der Waals surface area contributed by atoms with Crippen molar-refractivity contribution in [2.75, 3.05) is 5.32 Å². The average Bonchev–Trinajstić information content (AvgIpc) is 2.55. The van der Waals surface area contributed by atoms with Crippen LogP contribution in [-0.4, -0.2) is 10.8 Å². The van der Waals surface area contributed by atoms with Gasteiger partial charge in [-0.1, -0.05) is 48.5 Å². The molecule has 0 radical (unpaired) electrons. The van der Waals surface area contributed by atoms with E-state index in [9.17, 15) is 4.79 Å². The molecule has 1 heterocycles. The number of nitrogens with one attached hydrogen (secondary N) is 1. The first-order chi connectivity index (χ1) is 11.1. The van der Waals surface area contributed by atoms with Gasteiger partial charge in [-0.15, -0.1) is 0 Å². The van der Waals surface area contributed by atoms with Crippen LogP contribution in [0.15, 0.2) is 72.4 Å². The van der Waals surface area contributed by atoms with E-state index in [1.165, 1.54) is 0 Å². The summed E-state index contributed by atoms with van der Waals surface area (Å²) in [6, 6.07) is 20.2. The predicted octanol–water partition coefficient (Wildman–Crippen LogP) is 4.81. The minimum atomic E-state index is 0.0215. The van der Waals surface area contributed by atoms with Crippen LogP contribution >= 0.6 is 0 Å². The number of anilines is 1. The molecule has 0 aliphatic carbocycles. The molecule has 1 N–H and O–H groups in total. The Morgan fingerprint density at radius 2 is 1.74 bits per heavy atom. The molecule has 0 aliphatic rings. The Labute approximate surface area is 135 Å². The maximum absolute atomic E-state index is 11.2. The fourth-order valence-electron chi connectivity index (χ4n) is 2.57. The number of rotatable bonds is 4. The molecule has 0 spiro atoms. The number of aromatic nitrogens is 1. The zero-order valence-corrected chi connectivity index (χ0v) is 13.2. The van der Waals surface area contributed by atoms with Crippen molar-refractivity contribution in [1.29, 1.82) is 0 Å². The van der Waals surface area contributed by atoms with E-state index < -0.39 is 0 Å². The van der Waals surface area contributed by atoms with Crippen molar-refractivity contribution in [2.24, 2.45) is 0 Å². The number of hydrogen-bond acceptors (Lipinski definition) is 3. The molecule has 3 rings (SSSR count). The Bertz CT molecular complexity index is 883. The van der Waals surface area contributed by atoms with Crippen molar-refractivity contribution in [2.45, 2.75) is 13.8 Å². The lowest BCUT2D eigenvalue weighted by Gasteiger charge is -2.10. The van der Waals surface area contributed by atoms with E-state index in [1.54, 1.807) is 13.0 Å². The third kappa shape index (κ3) is 3.46. The smallest absolute Gasteiger partial charge is 0.154 e. The number of benzene rings is 2. The molecule has 0 amide bonds. The van der Waals surface area contributed by atoms with Gasteiger partial charge in [0.05, 0.1) is 16.9 Å². The van der Waals surface area contributed by atoms with Gasteiger partial charge in [-0.25, -0.2) is 4.98 Å². The molecule has 0 aliphatic heterocycles. The van der Waals surface area contributed by atoms with Crippen LogP contribution in [0.2, 0.25) is 0 Å². The second kappa shape index (κ2) is 6.44. The molecule has 114 valence electrons. The van der Waals surface area contributed by atoms with Crippen LogP contribution in [-0.2, 0) is 4.79 Å². The van der Waals surface area contributed by atoms with Crippen molar-refractivity contribution >= 4 is 22.4 Å². The molecule has 2 aromatic carbocycles. The van der Waals surface area contributed by atoms with Crippen molar-refractivity contribution in [3.8, 4) is 11.3 Å². The summed E-state index contributed by atoms with van der Waals surface area (Å²) in [6.07, 6.45) is 1.58. The quantitative estimate of drug-likeness (QED) is 0.703.